The van der Waals surface area contributed by atoms with Crippen LogP contribution in [-0.4, -0.2) is 193 Å². The molecule has 0 saturated carbocycles. The predicted molar refractivity (Wildman–Crippen MR) is 397 cm³/mol. The third kappa shape index (κ3) is 40.6. The second-order valence-electron chi connectivity index (χ2n) is 27.4. The molecular formula is C81H139NO18. The number of aliphatic hydroxyl groups is 11. The molecule has 3 aliphatic rings. The molecule has 3 rings (SSSR count). The minimum atomic E-state index is -1.99. The smallest absolute Gasteiger partial charge is 0.220 e. The maximum Gasteiger partial charge on any atom is 0.220 e. The molecule has 0 aromatic heterocycles. The summed E-state index contributed by atoms with van der Waals surface area (Å²) in [6.45, 7) is 1.58. The summed E-state index contributed by atoms with van der Waals surface area (Å²) in [6, 6.07) is -1.02. The number of ether oxygens (including phenoxy) is 6. The van der Waals surface area contributed by atoms with Crippen LogP contribution in [0.15, 0.2) is 109 Å². The highest BCUT2D eigenvalue weighted by Gasteiger charge is 2.53. The van der Waals surface area contributed by atoms with E-state index in [9.17, 15) is 61.0 Å². The van der Waals surface area contributed by atoms with E-state index in [0.717, 1.165) is 89.9 Å². The average Bonchev–Trinajstić information content (AvgIpc) is 0.783. The Balaban J connectivity index is 1.42. The second kappa shape index (κ2) is 60.7. The molecule has 0 aliphatic carbocycles. The van der Waals surface area contributed by atoms with Crippen LogP contribution in [0.3, 0.4) is 0 Å². The summed E-state index contributed by atoms with van der Waals surface area (Å²) >= 11 is 0. The normalized spacial score (nSPS) is 27.1. The lowest BCUT2D eigenvalue weighted by Gasteiger charge is -2.48. The minimum absolute atomic E-state index is 0.195. The molecule has 17 unspecified atom stereocenters. The van der Waals surface area contributed by atoms with Crippen molar-refractivity contribution in [3.8, 4) is 0 Å². The highest BCUT2D eigenvalue weighted by Crippen LogP contribution is 2.33. The maximum atomic E-state index is 13.4. The van der Waals surface area contributed by atoms with Crippen LogP contribution in [-0.2, 0) is 33.2 Å². The molecule has 100 heavy (non-hydrogen) atoms. The third-order valence-electron chi connectivity index (χ3n) is 18.8. The second-order valence-corrected chi connectivity index (χ2v) is 27.4. The van der Waals surface area contributed by atoms with Gasteiger partial charge in [-0.15, -0.1) is 0 Å². The van der Waals surface area contributed by atoms with Crippen LogP contribution in [0.1, 0.15) is 264 Å². The quantitative estimate of drug-likeness (QED) is 0.0199. The first-order valence-corrected chi connectivity index (χ1v) is 39.1. The summed E-state index contributed by atoms with van der Waals surface area (Å²) in [6.07, 6.45) is 56.5. The van der Waals surface area contributed by atoms with Crippen LogP contribution in [0, 0.1) is 0 Å². The van der Waals surface area contributed by atoms with Crippen LogP contribution < -0.4 is 5.32 Å². The fraction of sp³-hybridized carbons (Fsp3) is 0.765. The van der Waals surface area contributed by atoms with Gasteiger partial charge in [0.1, 0.15) is 73.2 Å². The van der Waals surface area contributed by atoms with Gasteiger partial charge >= 0.3 is 0 Å². The zero-order valence-electron chi connectivity index (χ0n) is 61.4. The van der Waals surface area contributed by atoms with Gasteiger partial charge in [-0.1, -0.05) is 271 Å². The fourth-order valence-corrected chi connectivity index (χ4v) is 12.5. The minimum Gasteiger partial charge on any atom is -0.394 e. The van der Waals surface area contributed by atoms with Crippen molar-refractivity contribution in [3.05, 3.63) is 109 Å². The van der Waals surface area contributed by atoms with E-state index in [1.807, 2.05) is 6.08 Å². The highest BCUT2D eigenvalue weighted by molar-refractivity contribution is 5.76. The summed E-state index contributed by atoms with van der Waals surface area (Å²) in [5, 5.41) is 121. The molecule has 0 radical (unpaired) electrons. The Morgan fingerprint density at radius 2 is 0.700 bits per heavy atom. The van der Waals surface area contributed by atoms with Crippen LogP contribution in [0.4, 0.5) is 0 Å². The first-order chi connectivity index (χ1) is 48.8. The van der Waals surface area contributed by atoms with Gasteiger partial charge in [-0.3, -0.25) is 4.79 Å². The SMILES string of the molecule is CC/C=C\C/C=C\C/C=C\C/C=C\C/C=C\C/C=C\CCCCCCC(=O)NC(COC1OC(CO)C(OC2OC(CO)C(OC3OC(CO)C(O)C(O)C3O)C(O)C2O)C(O)C1O)C(O)/C=C/CC/C=C/CC/C=C/CCCCCCCCCCCCCCCCCCCCCCCC. The molecule has 576 valence electrons. The summed E-state index contributed by atoms with van der Waals surface area (Å²) in [7, 11) is 0. The van der Waals surface area contributed by atoms with Gasteiger partial charge in [-0.25, -0.2) is 0 Å². The Kier molecular flexibility index (Phi) is 55.0. The van der Waals surface area contributed by atoms with E-state index in [1.165, 1.54) is 141 Å². The van der Waals surface area contributed by atoms with E-state index in [-0.39, 0.29) is 18.9 Å². The lowest BCUT2D eigenvalue weighted by Crippen LogP contribution is -2.66. The van der Waals surface area contributed by atoms with Gasteiger partial charge < -0.3 is 89.9 Å². The number of amides is 1. The average molecular weight is 1410 g/mol. The van der Waals surface area contributed by atoms with Crippen molar-refractivity contribution in [2.75, 3.05) is 26.4 Å². The number of aliphatic hydroxyl groups excluding tert-OH is 11. The van der Waals surface area contributed by atoms with E-state index in [2.05, 4.69) is 116 Å². The highest BCUT2D eigenvalue weighted by atomic mass is 16.8. The molecule has 3 aliphatic heterocycles. The van der Waals surface area contributed by atoms with E-state index in [0.29, 0.717) is 12.8 Å². The van der Waals surface area contributed by atoms with Crippen molar-refractivity contribution in [2.24, 2.45) is 0 Å². The topological polar surface area (TPSA) is 307 Å². The maximum absolute atomic E-state index is 13.4. The van der Waals surface area contributed by atoms with Crippen molar-refractivity contribution in [1.82, 2.24) is 5.32 Å². The van der Waals surface area contributed by atoms with Crippen molar-refractivity contribution >= 4 is 5.91 Å². The Hall–Kier alpha value is -3.55. The van der Waals surface area contributed by atoms with Gasteiger partial charge in [-0.2, -0.15) is 0 Å². The Morgan fingerprint density at radius 1 is 0.370 bits per heavy atom. The first-order valence-electron chi connectivity index (χ1n) is 39.1. The number of nitrogens with one attached hydrogen (secondary N) is 1. The largest absolute Gasteiger partial charge is 0.394 e. The number of unbranched alkanes of at least 4 members (excludes halogenated alkanes) is 28. The van der Waals surface area contributed by atoms with Gasteiger partial charge in [0.15, 0.2) is 18.9 Å². The van der Waals surface area contributed by atoms with Crippen LogP contribution in [0.2, 0.25) is 0 Å². The summed E-state index contributed by atoms with van der Waals surface area (Å²) in [5.41, 5.74) is 0. The van der Waals surface area contributed by atoms with Crippen LogP contribution >= 0.6 is 0 Å². The number of carbonyl (C=O) groups excluding carboxylic acids is 1. The Morgan fingerprint density at radius 3 is 1.12 bits per heavy atom. The van der Waals surface area contributed by atoms with Gasteiger partial charge in [0.25, 0.3) is 0 Å². The number of hydrogen-bond acceptors (Lipinski definition) is 18. The standard InChI is InChI=1S/C81H139NO18/c1-3-5-7-9-11-13-15-17-19-21-23-25-27-28-29-30-31-32-33-34-35-37-38-40-42-44-46-48-50-52-54-56-58-65(86)64(82-69(87)59-57-55-53-51-49-47-45-43-41-39-36-26-24-22-20-18-16-14-12-10-8-6-4-2)63-95-79-75(93)72(90)77(67(61-84)97-79)100-81-76(94)73(91)78(68(62-85)98-81)99-80-74(92)71(89)70(88)66(60-83)96-80/h6,8,12,14,18,20,24,26,39-42,45,47-48,50,56,58,64-68,70-81,83-86,88-94H,3-5,7,9-11,13,15-17,19,21-23,25,27-38,43-44,46,49,51-55,57,59-63H2,1-2H3,(H,82,87)/b8-6-,14-12-,20-18-,26-24-,41-39-,42-40+,47-45-,50-48+,58-56+. The van der Waals surface area contributed by atoms with E-state index in [1.54, 1.807) is 6.08 Å². The van der Waals surface area contributed by atoms with E-state index in [4.69, 9.17) is 28.4 Å². The monoisotopic (exact) mass is 1410 g/mol. The predicted octanol–water partition coefficient (Wildman–Crippen LogP) is 12.6. The summed E-state index contributed by atoms with van der Waals surface area (Å²) < 4.78 is 34.4. The third-order valence-corrected chi connectivity index (χ3v) is 18.8. The lowest BCUT2D eigenvalue weighted by atomic mass is 9.96. The molecule has 17 atom stereocenters. The summed E-state index contributed by atoms with van der Waals surface area (Å²) in [5.74, 6) is -0.317. The number of rotatable bonds is 60. The van der Waals surface area contributed by atoms with Crippen molar-refractivity contribution in [1.29, 1.82) is 0 Å². The molecule has 19 nitrogen and oxygen atoms in total. The van der Waals surface area contributed by atoms with Crippen LogP contribution in [0.5, 0.6) is 0 Å². The fourth-order valence-electron chi connectivity index (χ4n) is 12.5. The van der Waals surface area contributed by atoms with Gasteiger partial charge in [-0.05, 0) is 96.3 Å². The lowest BCUT2D eigenvalue weighted by molar-refractivity contribution is -0.379. The van der Waals surface area contributed by atoms with Crippen molar-refractivity contribution in [3.63, 3.8) is 0 Å². The molecule has 3 saturated heterocycles. The molecule has 0 spiro atoms. The first kappa shape index (κ1) is 90.7. The van der Waals surface area contributed by atoms with Crippen molar-refractivity contribution < 1.29 is 89.4 Å². The molecule has 12 N–H and O–H groups in total. The van der Waals surface area contributed by atoms with E-state index < -0.39 is 124 Å². The molecule has 0 aromatic rings. The molecule has 3 fully saturated rings. The van der Waals surface area contributed by atoms with Gasteiger partial charge in [0.05, 0.1) is 38.6 Å². The number of allylic oxidation sites excluding steroid dienone is 17. The number of carbonyl (C=O) groups is 1. The Bertz CT molecular complexity index is 2230. The van der Waals surface area contributed by atoms with E-state index >= 15 is 0 Å². The zero-order valence-corrected chi connectivity index (χ0v) is 61.4. The molecule has 0 bridgehead atoms. The number of hydrogen-bond donors (Lipinski definition) is 12. The van der Waals surface area contributed by atoms with Crippen LogP contribution in [0.25, 0.3) is 0 Å². The molecule has 1 amide bonds. The van der Waals surface area contributed by atoms with Gasteiger partial charge in [0.2, 0.25) is 5.91 Å². The molecular weight excluding hydrogens is 1270 g/mol. The molecule has 3 heterocycles. The Labute approximate surface area is 602 Å². The van der Waals surface area contributed by atoms with Crippen molar-refractivity contribution in [2.45, 2.75) is 369 Å². The van der Waals surface area contributed by atoms with Gasteiger partial charge in [0, 0.05) is 6.42 Å². The molecule has 19 heteroatoms. The zero-order chi connectivity index (χ0) is 72.5. The summed E-state index contributed by atoms with van der Waals surface area (Å²) in [4.78, 5) is 13.4. The molecule has 0 aromatic carbocycles.